The van der Waals surface area contributed by atoms with Crippen LogP contribution in [-0.4, -0.2) is 195 Å². The standard InChI is InChI=1S/C68H101N7O19/c1-7-52-53-42-51(17-18-57(53)72-62-54(52)44-75-59(62)43-56-55(65(75)79)46-93-66(80)68(56,82)8-2)92-23-11-22-70-67(81)94-45-49-13-15-50(16-14-49)71-63(77)58(12-9-10-21-69)73-64(78)61(48(5)6)74-60(76)20-25-84-27-29-86-31-33-88-35-37-90-39-41-91-40-38-89-36-34-87-32-30-85-28-26-83-24-19-47(3)4/h13-18,42-43,47-48,58,61,82H,7-12,19-41,44-46,69H2,1-6H3,(H,70,81)(H,71,77)(H,73,78)(H,74,76)/t58-,61-,68-/m0/s1. The Morgan fingerprint density at radius 1 is 0.681 bits per heavy atom. The first-order valence-corrected chi connectivity index (χ1v) is 33.1. The van der Waals surface area contributed by atoms with Gasteiger partial charge in [-0.25, -0.2) is 14.6 Å². The number of hydrogen-bond acceptors (Lipinski definition) is 21. The molecule has 2 aliphatic heterocycles. The van der Waals surface area contributed by atoms with Crippen molar-refractivity contribution < 1.29 is 85.9 Å². The van der Waals surface area contributed by atoms with Crippen molar-refractivity contribution in [1.29, 1.82) is 0 Å². The third-order valence-electron chi connectivity index (χ3n) is 15.7. The molecule has 4 amide bonds. The highest BCUT2D eigenvalue weighted by molar-refractivity contribution is 5.98. The summed E-state index contributed by atoms with van der Waals surface area (Å²) in [6, 6.07) is 12.3. The van der Waals surface area contributed by atoms with Crippen molar-refractivity contribution in [2.24, 2.45) is 17.6 Å². The molecule has 0 bridgehead atoms. The summed E-state index contributed by atoms with van der Waals surface area (Å²) in [5.74, 6) is -1.12. The van der Waals surface area contributed by atoms with E-state index in [2.05, 4.69) is 35.1 Å². The fourth-order valence-electron chi connectivity index (χ4n) is 10.3. The van der Waals surface area contributed by atoms with Gasteiger partial charge in [0.25, 0.3) is 5.56 Å². The zero-order chi connectivity index (χ0) is 67.5. The summed E-state index contributed by atoms with van der Waals surface area (Å²) < 4.78 is 68.1. The van der Waals surface area contributed by atoms with Crippen LogP contribution in [0.25, 0.3) is 22.3 Å². The molecule has 7 N–H and O–H groups in total. The number of cyclic esters (lactones) is 1. The highest BCUT2D eigenvalue weighted by Gasteiger charge is 2.45. The van der Waals surface area contributed by atoms with Gasteiger partial charge in [-0.1, -0.05) is 53.7 Å². The number of aryl methyl sites for hydroxylation is 1. The summed E-state index contributed by atoms with van der Waals surface area (Å²) >= 11 is 0. The first-order valence-electron chi connectivity index (χ1n) is 33.1. The number of aromatic nitrogens is 2. The summed E-state index contributed by atoms with van der Waals surface area (Å²) in [6.45, 7) is 20.8. The molecule has 3 atom stereocenters. The zero-order valence-corrected chi connectivity index (χ0v) is 55.8. The molecule has 2 aromatic carbocycles. The van der Waals surface area contributed by atoms with E-state index in [1.165, 1.54) is 0 Å². The molecule has 0 aliphatic carbocycles. The van der Waals surface area contributed by atoms with Crippen molar-refractivity contribution in [2.75, 3.05) is 144 Å². The molecule has 0 saturated carbocycles. The number of nitrogens with zero attached hydrogens (tertiary/aromatic N) is 2. The van der Waals surface area contributed by atoms with Gasteiger partial charge < -0.3 is 93.5 Å². The molecule has 4 heterocycles. The fraction of sp³-hybridized carbons (Fsp3) is 0.632. The van der Waals surface area contributed by atoms with E-state index in [9.17, 15) is 33.9 Å². The third-order valence-corrected chi connectivity index (χ3v) is 15.7. The highest BCUT2D eigenvalue weighted by atomic mass is 16.6. The number of anilines is 1. The molecular formula is C68H101N7O19. The number of amides is 4. The molecule has 6 rings (SSSR count). The minimum Gasteiger partial charge on any atom is -0.494 e. The van der Waals surface area contributed by atoms with E-state index >= 15 is 0 Å². The van der Waals surface area contributed by atoms with Crippen LogP contribution in [0.3, 0.4) is 0 Å². The molecule has 522 valence electrons. The molecule has 26 heteroatoms. The molecule has 26 nitrogen and oxygen atoms in total. The smallest absolute Gasteiger partial charge is 0.407 e. The number of aliphatic hydroxyl groups is 1. The van der Waals surface area contributed by atoms with Gasteiger partial charge in [-0.15, -0.1) is 0 Å². The van der Waals surface area contributed by atoms with E-state index < -0.39 is 41.6 Å². The Morgan fingerprint density at radius 3 is 1.82 bits per heavy atom. The summed E-state index contributed by atoms with van der Waals surface area (Å²) in [6.07, 6.45) is 3.19. The number of esters is 1. The highest BCUT2D eigenvalue weighted by Crippen LogP contribution is 2.41. The van der Waals surface area contributed by atoms with Gasteiger partial charge in [0.05, 0.1) is 148 Å². The Bertz CT molecular complexity index is 3040. The Morgan fingerprint density at radius 2 is 1.27 bits per heavy atom. The largest absolute Gasteiger partial charge is 0.494 e. The molecule has 4 aromatic rings. The maximum atomic E-state index is 13.7. The Balaban J connectivity index is 0.786. The maximum absolute atomic E-state index is 13.7. The number of unbranched alkanes of at least 4 members (excludes halogenated alkanes) is 1. The van der Waals surface area contributed by atoms with E-state index in [0.717, 1.165) is 29.5 Å². The van der Waals surface area contributed by atoms with Crippen molar-refractivity contribution in [3.63, 3.8) is 0 Å². The average Bonchev–Trinajstić information content (AvgIpc) is 1.56. The molecule has 0 saturated heterocycles. The predicted octanol–water partition coefficient (Wildman–Crippen LogP) is 5.62. The van der Waals surface area contributed by atoms with Crippen LogP contribution in [0.2, 0.25) is 0 Å². The van der Waals surface area contributed by atoms with Gasteiger partial charge in [0.1, 0.15) is 31.0 Å². The second-order valence-electron chi connectivity index (χ2n) is 23.5. The van der Waals surface area contributed by atoms with Gasteiger partial charge in [0.15, 0.2) is 5.60 Å². The molecule has 0 radical (unpaired) electrons. The van der Waals surface area contributed by atoms with Crippen LogP contribution in [0, 0.1) is 11.8 Å². The van der Waals surface area contributed by atoms with E-state index in [1.807, 2.05) is 25.1 Å². The first-order chi connectivity index (χ1) is 45.6. The number of ether oxygens (including phenoxy) is 12. The first kappa shape index (κ1) is 76.3. The summed E-state index contributed by atoms with van der Waals surface area (Å²) in [5, 5.41) is 23.4. The number of pyridine rings is 2. The normalized spacial score (nSPS) is 14.7. The molecule has 94 heavy (non-hydrogen) atoms. The van der Waals surface area contributed by atoms with Crippen molar-refractivity contribution in [2.45, 2.75) is 130 Å². The van der Waals surface area contributed by atoms with E-state index in [1.54, 1.807) is 55.7 Å². The van der Waals surface area contributed by atoms with E-state index in [4.69, 9.17) is 67.6 Å². The van der Waals surface area contributed by atoms with Crippen molar-refractivity contribution in [3.05, 3.63) is 86.7 Å². The summed E-state index contributed by atoms with van der Waals surface area (Å²) in [7, 11) is 0. The second kappa shape index (κ2) is 42.0. The average molecular weight is 1320 g/mol. The zero-order valence-electron chi connectivity index (χ0n) is 55.8. The monoisotopic (exact) mass is 1320 g/mol. The van der Waals surface area contributed by atoms with Gasteiger partial charge in [-0.2, -0.15) is 0 Å². The van der Waals surface area contributed by atoms with Crippen molar-refractivity contribution in [1.82, 2.24) is 25.5 Å². The van der Waals surface area contributed by atoms with Crippen LogP contribution < -0.4 is 37.3 Å². The van der Waals surface area contributed by atoms with Crippen LogP contribution in [-0.2, 0) is 103 Å². The number of carbonyl (C=O) groups excluding carboxylic acids is 5. The number of nitrogens with two attached hydrogens (primary N) is 1. The Kier molecular flexibility index (Phi) is 34.1. The predicted molar refractivity (Wildman–Crippen MR) is 350 cm³/mol. The minimum absolute atomic E-state index is 0.0167. The molecule has 2 aliphatic rings. The van der Waals surface area contributed by atoms with Gasteiger partial charge >= 0.3 is 12.1 Å². The van der Waals surface area contributed by atoms with Gasteiger partial charge in [-0.05, 0) is 111 Å². The van der Waals surface area contributed by atoms with Crippen LogP contribution in [0.15, 0.2) is 53.3 Å². The van der Waals surface area contributed by atoms with E-state index in [0.29, 0.717) is 191 Å². The number of benzene rings is 2. The van der Waals surface area contributed by atoms with E-state index in [-0.39, 0.29) is 74.3 Å². The maximum Gasteiger partial charge on any atom is 0.407 e. The number of rotatable bonds is 49. The topological polar surface area (TPSA) is 325 Å². The van der Waals surface area contributed by atoms with Crippen LogP contribution in [0.5, 0.6) is 5.75 Å². The Labute approximate surface area is 551 Å². The number of nitrogens with one attached hydrogen (secondary N) is 4. The lowest BCUT2D eigenvalue weighted by molar-refractivity contribution is -0.172. The lowest BCUT2D eigenvalue weighted by Crippen LogP contribution is -2.54. The van der Waals surface area contributed by atoms with Gasteiger partial charge in [0, 0.05) is 41.8 Å². The molecule has 2 aromatic heterocycles. The number of hydrogen-bond donors (Lipinski definition) is 6. The lowest BCUT2D eigenvalue weighted by Gasteiger charge is -2.31. The quantitative estimate of drug-likeness (QED) is 0.0203. The molecule has 0 fully saturated rings. The Hall–Kier alpha value is -6.69. The van der Waals surface area contributed by atoms with Crippen LogP contribution >= 0.6 is 0 Å². The molecule has 0 spiro atoms. The molecular weight excluding hydrogens is 1220 g/mol. The molecule has 0 unspecified atom stereocenters. The van der Waals surface area contributed by atoms with Gasteiger partial charge in [0.2, 0.25) is 17.7 Å². The second-order valence-corrected chi connectivity index (χ2v) is 23.5. The number of carbonyl (C=O) groups is 5. The van der Waals surface area contributed by atoms with Crippen LogP contribution in [0.1, 0.15) is 114 Å². The van der Waals surface area contributed by atoms with Crippen molar-refractivity contribution in [3.8, 4) is 17.1 Å². The third kappa shape index (κ3) is 24.8. The number of alkyl carbamates (subject to hydrolysis) is 1. The summed E-state index contributed by atoms with van der Waals surface area (Å²) in [4.78, 5) is 84.2. The fourth-order valence-corrected chi connectivity index (χ4v) is 10.3. The summed E-state index contributed by atoms with van der Waals surface area (Å²) in [5.41, 5.74) is 9.00. The minimum atomic E-state index is -1.91. The SMILES string of the molecule is CCc1c2c(nc3ccc(OCCCNC(=O)OCc4ccc(NC(=O)[C@H](CCCCN)NC(=O)[C@@H](NC(=O)CCOCCOCCOCCOCCOCCOCCOCCOCCOCCC(C)C)C(C)C)cc4)cc13)-c1cc3c(c(=O)n1C2)COC(=O)[C@]3(O)CC. The lowest BCUT2D eigenvalue weighted by atomic mass is 9.86. The van der Waals surface area contributed by atoms with Gasteiger partial charge in [-0.3, -0.25) is 19.2 Å². The van der Waals surface area contributed by atoms with Crippen LogP contribution in [0.4, 0.5) is 10.5 Å². The number of fused-ring (bicyclic) bond motifs is 5. The van der Waals surface area contributed by atoms with Crippen molar-refractivity contribution >= 4 is 46.4 Å².